The lowest BCUT2D eigenvalue weighted by atomic mass is 9.78. The van der Waals surface area contributed by atoms with Crippen LogP contribution in [0, 0.1) is 11.8 Å². The molecule has 136 valence electrons. The molecule has 0 aliphatic heterocycles. The maximum Gasteiger partial charge on any atom is 0.407 e. The molecule has 0 atom stereocenters. The molecule has 0 bridgehead atoms. The van der Waals surface area contributed by atoms with Crippen LogP contribution in [0.5, 0.6) is 0 Å². The Labute approximate surface area is 140 Å². The quantitative estimate of drug-likeness (QED) is 0.538. The number of carbonyl (C=O) groups is 1. The number of hydrogen-bond donors (Lipinski definition) is 3. The molecule has 0 aromatic carbocycles. The summed E-state index contributed by atoms with van der Waals surface area (Å²) in [6.45, 7) is 3.17. The summed E-state index contributed by atoms with van der Waals surface area (Å²) in [5.41, 5.74) is 0. The number of carboxylic acid groups (broad SMARTS) is 1. The Balaban J connectivity index is 2.12. The fourth-order valence-electron chi connectivity index (χ4n) is 3.50. The van der Waals surface area contributed by atoms with E-state index < -0.39 is 6.09 Å². The molecular weight excluding hydrogens is 296 g/mol. The Bertz CT molecular complexity index is 314. The molecule has 1 fully saturated rings. The van der Waals surface area contributed by atoms with E-state index in [4.69, 9.17) is 15.3 Å². The minimum atomic E-state index is -0.839. The van der Waals surface area contributed by atoms with Gasteiger partial charge in [-0.05, 0) is 37.6 Å². The molecule has 0 aromatic rings. The summed E-state index contributed by atoms with van der Waals surface area (Å²) in [7, 11) is 1.64. The summed E-state index contributed by atoms with van der Waals surface area (Å²) in [5, 5.41) is 26.9. The van der Waals surface area contributed by atoms with Crippen LogP contribution in [-0.4, -0.2) is 77.7 Å². The van der Waals surface area contributed by atoms with E-state index in [1.54, 1.807) is 7.05 Å². The number of aliphatic hydroxyl groups is 2. The number of amides is 1. The molecule has 23 heavy (non-hydrogen) atoms. The van der Waals surface area contributed by atoms with E-state index in [1.807, 2.05) is 0 Å². The van der Waals surface area contributed by atoms with Crippen LogP contribution < -0.4 is 0 Å². The average molecular weight is 330 g/mol. The van der Waals surface area contributed by atoms with Gasteiger partial charge >= 0.3 is 6.09 Å². The van der Waals surface area contributed by atoms with Crippen LogP contribution in [-0.2, 0) is 0 Å². The van der Waals surface area contributed by atoms with Crippen molar-refractivity contribution in [3.8, 4) is 0 Å². The summed E-state index contributed by atoms with van der Waals surface area (Å²) < 4.78 is 0. The molecule has 6 nitrogen and oxygen atoms in total. The lowest BCUT2D eigenvalue weighted by Crippen LogP contribution is -2.31. The van der Waals surface area contributed by atoms with E-state index in [0.717, 1.165) is 25.3 Å². The zero-order chi connectivity index (χ0) is 17.1. The second kappa shape index (κ2) is 11.6. The predicted octanol–water partition coefficient (Wildman–Crippen LogP) is 1.86. The predicted molar refractivity (Wildman–Crippen MR) is 90.6 cm³/mol. The number of nitrogens with zero attached hydrogens (tertiary/aromatic N) is 2. The van der Waals surface area contributed by atoms with Crippen LogP contribution in [0.15, 0.2) is 0 Å². The molecule has 0 aromatic heterocycles. The third kappa shape index (κ3) is 8.53. The van der Waals surface area contributed by atoms with E-state index in [-0.39, 0.29) is 13.2 Å². The molecule has 1 aliphatic carbocycles. The van der Waals surface area contributed by atoms with E-state index in [2.05, 4.69) is 4.90 Å². The minimum absolute atomic E-state index is 0.149. The van der Waals surface area contributed by atoms with Crippen LogP contribution in [0.3, 0.4) is 0 Å². The van der Waals surface area contributed by atoms with Gasteiger partial charge in [0.1, 0.15) is 0 Å². The molecule has 3 N–H and O–H groups in total. The third-order valence-corrected chi connectivity index (χ3v) is 5.08. The monoisotopic (exact) mass is 330 g/mol. The second-order valence-electron chi connectivity index (χ2n) is 6.81. The molecule has 6 heteroatoms. The van der Waals surface area contributed by atoms with Gasteiger partial charge in [0, 0.05) is 26.7 Å². The molecule has 1 amide bonds. The van der Waals surface area contributed by atoms with Gasteiger partial charge in [0.2, 0.25) is 0 Å². The van der Waals surface area contributed by atoms with E-state index >= 15 is 0 Å². The van der Waals surface area contributed by atoms with Crippen molar-refractivity contribution >= 4 is 6.09 Å². The zero-order valence-corrected chi connectivity index (χ0v) is 14.5. The van der Waals surface area contributed by atoms with Crippen LogP contribution in [0.2, 0.25) is 0 Å². The molecule has 0 heterocycles. The number of hydrogen-bond acceptors (Lipinski definition) is 4. The van der Waals surface area contributed by atoms with Gasteiger partial charge in [-0.1, -0.05) is 25.7 Å². The fraction of sp³-hybridized carbons (Fsp3) is 0.941. The van der Waals surface area contributed by atoms with E-state index in [9.17, 15) is 4.79 Å². The normalized spacial score (nSPS) is 21.6. The molecule has 1 rings (SSSR count). The first-order valence-corrected chi connectivity index (χ1v) is 8.95. The molecule has 1 saturated carbocycles. The largest absolute Gasteiger partial charge is 0.465 e. The molecule has 0 unspecified atom stereocenters. The van der Waals surface area contributed by atoms with Gasteiger partial charge in [-0.2, -0.15) is 0 Å². The highest BCUT2D eigenvalue weighted by Crippen LogP contribution is 2.33. The SMILES string of the molecule is CN(CCC1CCC(CCCN(CCO)CCO)CC1)C(=O)O. The number of rotatable bonds is 11. The smallest absolute Gasteiger partial charge is 0.407 e. The first-order valence-electron chi connectivity index (χ1n) is 8.95. The highest BCUT2D eigenvalue weighted by molar-refractivity contribution is 5.64. The summed E-state index contributed by atoms with van der Waals surface area (Å²) in [4.78, 5) is 14.3. The lowest BCUT2D eigenvalue weighted by Gasteiger charge is -2.30. The van der Waals surface area contributed by atoms with Crippen LogP contribution in [0.25, 0.3) is 0 Å². The molecule has 0 radical (unpaired) electrons. The van der Waals surface area contributed by atoms with Crippen molar-refractivity contribution in [3.63, 3.8) is 0 Å². The van der Waals surface area contributed by atoms with Crippen molar-refractivity contribution in [3.05, 3.63) is 0 Å². The average Bonchev–Trinajstić information content (AvgIpc) is 2.54. The Morgan fingerprint density at radius 3 is 1.91 bits per heavy atom. The fourth-order valence-corrected chi connectivity index (χ4v) is 3.50. The Morgan fingerprint density at radius 2 is 1.43 bits per heavy atom. The maximum atomic E-state index is 10.8. The summed E-state index contributed by atoms with van der Waals surface area (Å²) in [6, 6.07) is 0. The summed E-state index contributed by atoms with van der Waals surface area (Å²) >= 11 is 0. The van der Waals surface area contributed by atoms with Gasteiger partial charge < -0.3 is 20.2 Å². The Morgan fingerprint density at radius 1 is 0.913 bits per heavy atom. The molecule has 0 spiro atoms. The standard InChI is InChI=1S/C17H34N2O4/c1-18(17(22)23)10-8-16-6-4-15(5-7-16)3-2-9-19(11-13-20)12-14-21/h15-16,20-21H,2-14H2,1H3,(H,22,23). The summed E-state index contributed by atoms with van der Waals surface area (Å²) in [6.07, 6.45) is 7.42. The maximum absolute atomic E-state index is 10.8. The van der Waals surface area contributed by atoms with Crippen molar-refractivity contribution < 1.29 is 20.1 Å². The Hall–Kier alpha value is -0.850. The summed E-state index contributed by atoms with van der Waals surface area (Å²) in [5.74, 6) is 1.46. The Kier molecular flexibility index (Phi) is 10.2. The first kappa shape index (κ1) is 20.2. The van der Waals surface area contributed by atoms with Crippen molar-refractivity contribution in [2.45, 2.75) is 44.9 Å². The molecule has 0 saturated heterocycles. The van der Waals surface area contributed by atoms with Crippen LogP contribution in [0.4, 0.5) is 4.79 Å². The molecular formula is C17H34N2O4. The van der Waals surface area contributed by atoms with Gasteiger partial charge in [-0.15, -0.1) is 0 Å². The van der Waals surface area contributed by atoms with E-state index in [0.29, 0.717) is 25.6 Å². The van der Waals surface area contributed by atoms with Crippen molar-refractivity contribution in [1.82, 2.24) is 9.80 Å². The second-order valence-corrected chi connectivity index (χ2v) is 6.81. The highest BCUT2D eigenvalue weighted by atomic mass is 16.4. The zero-order valence-electron chi connectivity index (χ0n) is 14.5. The van der Waals surface area contributed by atoms with Crippen LogP contribution in [0.1, 0.15) is 44.9 Å². The highest BCUT2D eigenvalue weighted by Gasteiger charge is 2.21. The van der Waals surface area contributed by atoms with Gasteiger partial charge in [-0.3, -0.25) is 4.90 Å². The number of aliphatic hydroxyl groups excluding tert-OH is 2. The van der Waals surface area contributed by atoms with Gasteiger partial charge in [0.05, 0.1) is 13.2 Å². The minimum Gasteiger partial charge on any atom is -0.465 e. The first-order chi connectivity index (χ1) is 11.1. The van der Waals surface area contributed by atoms with Crippen molar-refractivity contribution in [2.24, 2.45) is 11.8 Å². The van der Waals surface area contributed by atoms with Gasteiger partial charge in [-0.25, -0.2) is 4.79 Å². The third-order valence-electron chi connectivity index (χ3n) is 5.08. The van der Waals surface area contributed by atoms with Gasteiger partial charge in [0.25, 0.3) is 0 Å². The lowest BCUT2D eigenvalue weighted by molar-refractivity contribution is 0.146. The van der Waals surface area contributed by atoms with Gasteiger partial charge in [0.15, 0.2) is 0 Å². The van der Waals surface area contributed by atoms with Crippen molar-refractivity contribution in [1.29, 1.82) is 0 Å². The van der Waals surface area contributed by atoms with Crippen molar-refractivity contribution in [2.75, 3.05) is 46.4 Å². The molecule has 1 aliphatic rings. The van der Waals surface area contributed by atoms with E-state index in [1.165, 1.54) is 37.0 Å². The topological polar surface area (TPSA) is 84.2 Å². The van der Waals surface area contributed by atoms with Crippen LogP contribution >= 0.6 is 0 Å².